The summed E-state index contributed by atoms with van der Waals surface area (Å²) in [6, 6.07) is 5.73. The number of hydrogen-bond donors (Lipinski definition) is 1. The van der Waals surface area contributed by atoms with Gasteiger partial charge in [-0.1, -0.05) is 5.16 Å². The molecular weight excluding hydrogens is 256 g/mol. The highest BCUT2D eigenvalue weighted by atomic mass is 16.5. The third kappa shape index (κ3) is 1.68. The smallest absolute Gasteiger partial charge is 0.326 e. The van der Waals surface area contributed by atoms with E-state index in [9.17, 15) is 4.79 Å². The van der Waals surface area contributed by atoms with E-state index in [1.54, 1.807) is 4.57 Å². The number of hydrogen-bond acceptors (Lipinski definition) is 4. The number of benzene rings is 1. The van der Waals surface area contributed by atoms with Crippen molar-refractivity contribution in [3.8, 4) is 11.4 Å². The molecule has 20 heavy (non-hydrogen) atoms. The molecule has 102 valence electrons. The number of rotatable bonds is 3. The van der Waals surface area contributed by atoms with Crippen LogP contribution in [0.5, 0.6) is 0 Å². The number of aromatic nitrogens is 4. The lowest BCUT2D eigenvalue weighted by atomic mass is 10.2. The molecule has 6 nitrogen and oxygen atoms in total. The summed E-state index contributed by atoms with van der Waals surface area (Å²) in [7, 11) is 0. The summed E-state index contributed by atoms with van der Waals surface area (Å²) >= 11 is 0. The monoisotopic (exact) mass is 270 g/mol. The number of aryl methyl sites for hydroxylation is 1. The summed E-state index contributed by atoms with van der Waals surface area (Å²) in [5.41, 5.74) is 2.46. The van der Waals surface area contributed by atoms with Gasteiger partial charge in [0.1, 0.15) is 0 Å². The highest BCUT2D eigenvalue weighted by Crippen LogP contribution is 2.39. The summed E-state index contributed by atoms with van der Waals surface area (Å²) < 4.78 is 6.97. The summed E-state index contributed by atoms with van der Waals surface area (Å²) in [5, 5.41) is 4.02. The minimum atomic E-state index is -0.0913. The molecule has 4 rings (SSSR count). The van der Waals surface area contributed by atoms with Crippen LogP contribution >= 0.6 is 0 Å². The largest absolute Gasteiger partial charge is 0.339 e. The second-order valence-corrected chi connectivity index (χ2v) is 5.14. The Morgan fingerprint density at radius 3 is 3.05 bits per heavy atom. The van der Waals surface area contributed by atoms with Gasteiger partial charge in [0, 0.05) is 18.0 Å². The lowest BCUT2D eigenvalue weighted by molar-refractivity contribution is 0.380. The minimum absolute atomic E-state index is 0.0913. The van der Waals surface area contributed by atoms with E-state index < -0.39 is 0 Å². The Labute approximate surface area is 114 Å². The van der Waals surface area contributed by atoms with Gasteiger partial charge in [-0.05, 0) is 38.0 Å². The van der Waals surface area contributed by atoms with Crippen molar-refractivity contribution in [3.05, 3.63) is 34.6 Å². The summed E-state index contributed by atoms with van der Waals surface area (Å²) in [4.78, 5) is 19.1. The zero-order valence-electron chi connectivity index (χ0n) is 11.1. The summed E-state index contributed by atoms with van der Waals surface area (Å²) in [5.74, 6) is 1.75. The van der Waals surface area contributed by atoms with Gasteiger partial charge in [-0.15, -0.1) is 0 Å². The van der Waals surface area contributed by atoms with Gasteiger partial charge in [0.25, 0.3) is 0 Å². The number of aromatic amines is 1. The number of imidazole rings is 1. The predicted molar refractivity (Wildman–Crippen MR) is 73.5 cm³/mol. The quantitative estimate of drug-likeness (QED) is 0.792. The maximum Gasteiger partial charge on any atom is 0.326 e. The lowest BCUT2D eigenvalue weighted by Gasteiger charge is -1.98. The molecule has 0 aliphatic heterocycles. The molecule has 6 heteroatoms. The Hall–Kier alpha value is -2.37. The van der Waals surface area contributed by atoms with Crippen molar-refractivity contribution in [2.75, 3.05) is 0 Å². The van der Waals surface area contributed by atoms with Gasteiger partial charge in [-0.25, -0.2) is 4.79 Å². The molecule has 0 atom stereocenters. The van der Waals surface area contributed by atoms with E-state index in [-0.39, 0.29) is 5.69 Å². The van der Waals surface area contributed by atoms with Gasteiger partial charge in [0.15, 0.2) is 0 Å². The molecule has 1 saturated carbocycles. The molecule has 2 heterocycles. The van der Waals surface area contributed by atoms with Crippen molar-refractivity contribution in [2.24, 2.45) is 0 Å². The van der Waals surface area contributed by atoms with E-state index in [0.717, 1.165) is 35.3 Å². The van der Waals surface area contributed by atoms with Crippen LogP contribution in [0.25, 0.3) is 22.4 Å². The van der Waals surface area contributed by atoms with Crippen LogP contribution in [0.15, 0.2) is 27.5 Å². The topological polar surface area (TPSA) is 76.7 Å². The molecule has 1 aliphatic rings. The van der Waals surface area contributed by atoms with Crippen LogP contribution in [0.1, 0.15) is 31.6 Å². The van der Waals surface area contributed by atoms with Gasteiger partial charge in [-0.3, -0.25) is 4.57 Å². The number of nitrogens with one attached hydrogen (secondary N) is 1. The first-order chi connectivity index (χ1) is 9.76. The summed E-state index contributed by atoms with van der Waals surface area (Å²) in [6.45, 7) is 2.59. The van der Waals surface area contributed by atoms with Gasteiger partial charge in [0.05, 0.1) is 11.0 Å². The summed E-state index contributed by atoms with van der Waals surface area (Å²) in [6.07, 6.45) is 2.26. The maximum absolute atomic E-state index is 11.8. The lowest BCUT2D eigenvalue weighted by Crippen LogP contribution is -2.14. The Balaban J connectivity index is 1.81. The van der Waals surface area contributed by atoms with E-state index in [0.29, 0.717) is 18.3 Å². The fourth-order valence-electron chi connectivity index (χ4n) is 2.47. The highest BCUT2D eigenvalue weighted by Gasteiger charge is 2.29. The highest BCUT2D eigenvalue weighted by molar-refractivity contribution is 5.80. The van der Waals surface area contributed by atoms with E-state index in [4.69, 9.17) is 4.52 Å². The fourth-order valence-corrected chi connectivity index (χ4v) is 2.47. The van der Waals surface area contributed by atoms with Crippen molar-refractivity contribution >= 4 is 11.0 Å². The predicted octanol–water partition coefficient (Wildman–Crippen LogP) is 2.28. The molecule has 1 N–H and O–H groups in total. The molecular formula is C14H14N4O2. The molecule has 0 radical (unpaired) electrons. The molecule has 1 aliphatic carbocycles. The molecule has 1 fully saturated rings. The van der Waals surface area contributed by atoms with Crippen molar-refractivity contribution in [2.45, 2.75) is 32.2 Å². The third-order valence-electron chi connectivity index (χ3n) is 3.72. The molecule has 3 aromatic rings. The van der Waals surface area contributed by atoms with Gasteiger partial charge >= 0.3 is 5.69 Å². The first-order valence-corrected chi connectivity index (χ1v) is 6.83. The average Bonchev–Trinajstić information content (AvgIpc) is 3.09. The molecule has 0 amide bonds. The maximum atomic E-state index is 11.8. The van der Waals surface area contributed by atoms with Crippen molar-refractivity contribution < 1.29 is 4.52 Å². The van der Waals surface area contributed by atoms with E-state index in [1.165, 1.54) is 0 Å². The number of H-pyrrole nitrogens is 1. The van der Waals surface area contributed by atoms with Crippen molar-refractivity contribution in [1.29, 1.82) is 0 Å². The molecule has 0 unspecified atom stereocenters. The zero-order chi connectivity index (χ0) is 13.7. The second-order valence-electron chi connectivity index (χ2n) is 5.14. The normalized spacial score (nSPS) is 15.1. The van der Waals surface area contributed by atoms with Crippen LogP contribution in [0.4, 0.5) is 0 Å². The van der Waals surface area contributed by atoms with E-state index in [1.807, 2.05) is 25.1 Å². The van der Waals surface area contributed by atoms with Gasteiger partial charge in [0.2, 0.25) is 11.7 Å². The van der Waals surface area contributed by atoms with Crippen molar-refractivity contribution in [3.63, 3.8) is 0 Å². The molecule has 0 spiro atoms. The third-order valence-corrected chi connectivity index (χ3v) is 3.72. The van der Waals surface area contributed by atoms with Gasteiger partial charge in [-0.2, -0.15) is 4.98 Å². The van der Waals surface area contributed by atoms with Crippen LogP contribution in [-0.4, -0.2) is 19.7 Å². The van der Waals surface area contributed by atoms with Crippen LogP contribution < -0.4 is 5.69 Å². The van der Waals surface area contributed by atoms with Crippen LogP contribution in [0.2, 0.25) is 0 Å². The zero-order valence-corrected chi connectivity index (χ0v) is 11.1. The standard InChI is InChI=1S/C14H14N4O2/c1-2-18-11-6-5-9(7-10(11)15-14(18)19)12-16-13(20-17-12)8-3-4-8/h5-8H,2-4H2,1H3,(H,15,19). The van der Waals surface area contributed by atoms with E-state index >= 15 is 0 Å². The second kappa shape index (κ2) is 4.06. The SMILES string of the molecule is CCn1c(=O)[nH]c2cc(-c3noc(C4CC4)n3)ccc21. The first-order valence-electron chi connectivity index (χ1n) is 6.83. The Morgan fingerprint density at radius 1 is 1.45 bits per heavy atom. The number of fused-ring (bicyclic) bond motifs is 1. The Morgan fingerprint density at radius 2 is 2.30 bits per heavy atom. The van der Waals surface area contributed by atoms with Crippen molar-refractivity contribution in [1.82, 2.24) is 19.7 Å². The van der Waals surface area contributed by atoms with Crippen LogP contribution in [0.3, 0.4) is 0 Å². The molecule has 0 saturated heterocycles. The molecule has 1 aromatic carbocycles. The number of nitrogens with zero attached hydrogens (tertiary/aromatic N) is 3. The fraction of sp³-hybridized carbons (Fsp3) is 0.357. The molecule has 0 bridgehead atoms. The minimum Gasteiger partial charge on any atom is -0.339 e. The first kappa shape index (κ1) is 11.5. The molecule has 2 aromatic heterocycles. The van der Waals surface area contributed by atoms with Crippen LogP contribution in [-0.2, 0) is 6.54 Å². The van der Waals surface area contributed by atoms with Gasteiger partial charge < -0.3 is 9.51 Å². The van der Waals surface area contributed by atoms with Crippen LogP contribution in [0, 0.1) is 0 Å². The Kier molecular flexibility index (Phi) is 2.33. The average molecular weight is 270 g/mol. The Bertz CT molecular complexity index is 838. The van der Waals surface area contributed by atoms with E-state index in [2.05, 4.69) is 15.1 Å².